The Morgan fingerprint density at radius 1 is 1.31 bits per heavy atom. The molecule has 3 N–H and O–H groups in total. The molecular weight excluding hydrogens is 221 g/mol. The maximum Gasteiger partial charge on any atom is 0.471 e. The predicted octanol–water partition coefficient (Wildman–Crippen LogP) is 1.36. The van der Waals surface area contributed by atoms with Crippen LogP contribution in [0.1, 0.15) is 11.6 Å². The van der Waals surface area contributed by atoms with Gasteiger partial charge >= 0.3 is 12.1 Å². The van der Waals surface area contributed by atoms with Crippen molar-refractivity contribution in [3.63, 3.8) is 0 Å². The van der Waals surface area contributed by atoms with Crippen molar-refractivity contribution in [2.45, 2.75) is 12.2 Å². The fourth-order valence-electron chi connectivity index (χ4n) is 1.12. The van der Waals surface area contributed by atoms with Crippen molar-refractivity contribution in [1.29, 1.82) is 0 Å². The molecule has 1 amide bonds. The third-order valence-corrected chi connectivity index (χ3v) is 1.97. The predicted molar refractivity (Wildman–Crippen MR) is 52.4 cm³/mol. The molecule has 16 heavy (non-hydrogen) atoms. The van der Waals surface area contributed by atoms with Gasteiger partial charge in [0.1, 0.15) is 0 Å². The minimum atomic E-state index is -4.86. The zero-order chi connectivity index (χ0) is 12.2. The van der Waals surface area contributed by atoms with E-state index in [0.29, 0.717) is 5.56 Å². The monoisotopic (exact) mass is 232 g/mol. The van der Waals surface area contributed by atoms with E-state index in [4.69, 9.17) is 5.73 Å². The summed E-state index contributed by atoms with van der Waals surface area (Å²) in [6.45, 7) is -0.248. The van der Waals surface area contributed by atoms with Gasteiger partial charge in [0.05, 0.1) is 0 Å². The van der Waals surface area contributed by atoms with Gasteiger partial charge in [0.15, 0.2) is 0 Å². The highest BCUT2D eigenvalue weighted by Crippen LogP contribution is 2.15. The molecule has 1 aromatic carbocycles. The first-order valence-corrected chi connectivity index (χ1v) is 4.57. The molecule has 0 spiro atoms. The van der Waals surface area contributed by atoms with Crippen LogP contribution in [0.3, 0.4) is 0 Å². The molecule has 0 aliphatic heterocycles. The summed E-state index contributed by atoms with van der Waals surface area (Å²) in [4.78, 5) is 10.5. The standard InChI is InChI=1S/C10H11F3N2O/c11-10(12,13)9(16)15-6-8(14)7-4-2-1-3-5-7/h1-5,8H,6,14H2,(H,15,16). The number of benzene rings is 1. The van der Waals surface area contributed by atoms with Crippen LogP contribution >= 0.6 is 0 Å². The van der Waals surface area contributed by atoms with E-state index in [9.17, 15) is 18.0 Å². The number of halogens is 3. The Kier molecular flexibility index (Phi) is 3.89. The lowest BCUT2D eigenvalue weighted by Crippen LogP contribution is -2.40. The summed E-state index contributed by atoms with van der Waals surface area (Å²) in [5, 5.41) is 1.73. The van der Waals surface area contributed by atoms with E-state index < -0.39 is 18.1 Å². The van der Waals surface area contributed by atoms with Crippen molar-refractivity contribution in [2.24, 2.45) is 5.73 Å². The van der Waals surface area contributed by atoms with Crippen molar-refractivity contribution in [2.75, 3.05) is 6.54 Å². The van der Waals surface area contributed by atoms with Crippen LogP contribution in [0.25, 0.3) is 0 Å². The van der Waals surface area contributed by atoms with Crippen LogP contribution in [-0.2, 0) is 4.79 Å². The Hall–Kier alpha value is -1.56. The largest absolute Gasteiger partial charge is 0.471 e. The average molecular weight is 232 g/mol. The van der Waals surface area contributed by atoms with Crippen LogP contribution < -0.4 is 11.1 Å². The summed E-state index contributed by atoms with van der Waals surface area (Å²) < 4.78 is 35.5. The molecule has 0 bridgehead atoms. The lowest BCUT2D eigenvalue weighted by Gasteiger charge is -2.13. The zero-order valence-electron chi connectivity index (χ0n) is 8.29. The Morgan fingerprint density at radius 2 is 1.88 bits per heavy atom. The van der Waals surface area contributed by atoms with E-state index in [1.54, 1.807) is 35.6 Å². The van der Waals surface area contributed by atoms with Gasteiger partial charge in [-0.05, 0) is 5.56 Å². The zero-order valence-corrected chi connectivity index (χ0v) is 8.29. The Bertz CT molecular complexity index is 351. The fraction of sp³-hybridized carbons (Fsp3) is 0.300. The number of hydrogen-bond acceptors (Lipinski definition) is 2. The molecule has 1 unspecified atom stereocenters. The number of carbonyl (C=O) groups excluding carboxylic acids is 1. The molecule has 0 aliphatic carbocycles. The third-order valence-electron chi connectivity index (χ3n) is 1.97. The highest BCUT2D eigenvalue weighted by atomic mass is 19.4. The first kappa shape index (κ1) is 12.5. The minimum Gasteiger partial charge on any atom is -0.346 e. The first-order chi connectivity index (χ1) is 7.41. The molecule has 0 heterocycles. The van der Waals surface area contributed by atoms with Crippen LogP contribution in [0.4, 0.5) is 13.2 Å². The summed E-state index contributed by atoms with van der Waals surface area (Å²) >= 11 is 0. The first-order valence-electron chi connectivity index (χ1n) is 4.57. The quantitative estimate of drug-likeness (QED) is 0.826. The van der Waals surface area contributed by atoms with Gasteiger partial charge in [-0.1, -0.05) is 30.3 Å². The molecule has 1 rings (SSSR count). The second-order valence-electron chi connectivity index (χ2n) is 3.22. The topological polar surface area (TPSA) is 55.1 Å². The second kappa shape index (κ2) is 4.98. The van der Waals surface area contributed by atoms with Gasteiger partial charge in [0.2, 0.25) is 0 Å². The highest BCUT2D eigenvalue weighted by molar-refractivity contribution is 5.81. The number of rotatable bonds is 3. The van der Waals surface area contributed by atoms with Crippen molar-refractivity contribution in [1.82, 2.24) is 5.32 Å². The van der Waals surface area contributed by atoms with Crippen LogP contribution in [0.15, 0.2) is 30.3 Å². The van der Waals surface area contributed by atoms with Gasteiger partial charge in [0.25, 0.3) is 0 Å². The van der Waals surface area contributed by atoms with Gasteiger partial charge in [-0.15, -0.1) is 0 Å². The number of amides is 1. The number of nitrogens with two attached hydrogens (primary N) is 1. The van der Waals surface area contributed by atoms with Crippen molar-refractivity contribution >= 4 is 5.91 Å². The Labute approximate surface area is 90.4 Å². The van der Waals surface area contributed by atoms with E-state index in [-0.39, 0.29) is 6.54 Å². The van der Waals surface area contributed by atoms with Crippen molar-refractivity contribution in [3.05, 3.63) is 35.9 Å². The molecule has 0 saturated carbocycles. The van der Waals surface area contributed by atoms with Crippen LogP contribution in [-0.4, -0.2) is 18.6 Å². The maximum atomic E-state index is 11.8. The fourth-order valence-corrected chi connectivity index (χ4v) is 1.12. The number of carbonyl (C=O) groups is 1. The Balaban J connectivity index is 2.48. The van der Waals surface area contributed by atoms with Gasteiger partial charge < -0.3 is 11.1 Å². The molecule has 1 atom stereocenters. The minimum absolute atomic E-state index is 0.248. The summed E-state index contributed by atoms with van der Waals surface area (Å²) in [6.07, 6.45) is -4.86. The van der Waals surface area contributed by atoms with E-state index in [2.05, 4.69) is 0 Å². The molecule has 0 aromatic heterocycles. The number of hydrogen-bond donors (Lipinski definition) is 2. The van der Waals surface area contributed by atoms with E-state index in [0.717, 1.165) is 0 Å². The van der Waals surface area contributed by atoms with Crippen molar-refractivity contribution < 1.29 is 18.0 Å². The molecule has 0 saturated heterocycles. The van der Waals surface area contributed by atoms with E-state index in [1.807, 2.05) is 0 Å². The highest BCUT2D eigenvalue weighted by Gasteiger charge is 2.38. The summed E-state index contributed by atoms with van der Waals surface area (Å²) in [5.74, 6) is -1.97. The smallest absolute Gasteiger partial charge is 0.346 e. The molecule has 3 nitrogen and oxygen atoms in total. The van der Waals surface area contributed by atoms with Crippen LogP contribution in [0.2, 0.25) is 0 Å². The molecule has 88 valence electrons. The van der Waals surface area contributed by atoms with E-state index >= 15 is 0 Å². The maximum absolute atomic E-state index is 11.8. The van der Waals surface area contributed by atoms with Crippen LogP contribution in [0.5, 0.6) is 0 Å². The van der Waals surface area contributed by atoms with Crippen molar-refractivity contribution in [3.8, 4) is 0 Å². The molecule has 0 radical (unpaired) electrons. The normalized spacial score (nSPS) is 13.2. The molecule has 0 aliphatic rings. The second-order valence-corrected chi connectivity index (χ2v) is 3.22. The molecule has 6 heteroatoms. The van der Waals surface area contributed by atoms with Gasteiger partial charge in [0, 0.05) is 12.6 Å². The summed E-state index contributed by atoms with van der Waals surface area (Å²) in [7, 11) is 0. The number of alkyl halides is 3. The van der Waals surface area contributed by atoms with Gasteiger partial charge in [-0.2, -0.15) is 13.2 Å². The lowest BCUT2D eigenvalue weighted by atomic mass is 10.1. The van der Waals surface area contributed by atoms with Crippen LogP contribution in [0, 0.1) is 0 Å². The third kappa shape index (κ3) is 3.54. The van der Waals surface area contributed by atoms with Gasteiger partial charge in [-0.3, -0.25) is 4.79 Å². The molecule has 1 aromatic rings. The lowest BCUT2D eigenvalue weighted by molar-refractivity contribution is -0.173. The van der Waals surface area contributed by atoms with Gasteiger partial charge in [-0.25, -0.2) is 0 Å². The molecular formula is C10H11F3N2O. The number of nitrogens with one attached hydrogen (secondary N) is 1. The molecule has 0 fully saturated rings. The Morgan fingerprint density at radius 3 is 2.38 bits per heavy atom. The SMILES string of the molecule is NC(CNC(=O)C(F)(F)F)c1ccccc1. The summed E-state index contributed by atoms with van der Waals surface area (Å²) in [6, 6.07) is 7.94. The van der Waals surface area contributed by atoms with E-state index in [1.165, 1.54) is 0 Å². The summed E-state index contributed by atoms with van der Waals surface area (Å²) in [5.41, 5.74) is 6.28. The average Bonchev–Trinajstić information content (AvgIpc) is 2.25.